The minimum atomic E-state index is -1.68. The molecule has 6 heteroatoms. The van der Waals surface area contributed by atoms with Crippen LogP contribution in [0.4, 0.5) is 0 Å². The fourth-order valence-corrected chi connectivity index (χ4v) is 0.173. The molecule has 0 spiro atoms. The van der Waals surface area contributed by atoms with E-state index >= 15 is 0 Å². The van der Waals surface area contributed by atoms with E-state index in [0.717, 1.165) is 0 Å². The van der Waals surface area contributed by atoms with Crippen LogP contribution in [0.1, 0.15) is 0 Å². The van der Waals surface area contributed by atoms with Crippen molar-refractivity contribution in [2.24, 2.45) is 5.73 Å². The molecule has 0 aliphatic rings. The molecule has 8 heavy (non-hydrogen) atoms. The van der Waals surface area contributed by atoms with Gasteiger partial charge in [0.05, 0.1) is 0 Å². The Morgan fingerprint density at radius 2 is 2.00 bits per heavy atom. The third-order valence-electron chi connectivity index (χ3n) is 0.385. The van der Waals surface area contributed by atoms with Gasteiger partial charge < -0.3 is 20.4 Å². The van der Waals surface area contributed by atoms with Crippen LogP contribution >= 0.6 is 0 Å². The zero-order valence-electron chi connectivity index (χ0n) is 4.17. The van der Waals surface area contributed by atoms with E-state index in [0.29, 0.717) is 6.54 Å². The zero-order valence-corrected chi connectivity index (χ0v) is 5.11. The topological polar surface area (TPSA) is 75.7 Å². The van der Waals surface area contributed by atoms with Crippen molar-refractivity contribution in [2.45, 2.75) is 0 Å². The van der Waals surface area contributed by atoms with E-state index in [1.54, 1.807) is 0 Å². The van der Waals surface area contributed by atoms with Crippen LogP contribution in [0.25, 0.3) is 0 Å². The van der Waals surface area contributed by atoms with Crippen LogP contribution < -0.4 is 5.73 Å². The molecule has 0 bridgehead atoms. The largest absolute Gasteiger partial charge is 0.633 e. The molecule has 1 radical (unpaired) electrons. The predicted molar refractivity (Wildman–Crippen MR) is 25.2 cm³/mol. The Bertz CT molecular complexity index is 46.3. The number of hydrogen-bond acceptors (Lipinski definition) is 4. The third kappa shape index (κ3) is 9.66. The van der Waals surface area contributed by atoms with Gasteiger partial charge in [-0.05, 0) is 0 Å². The van der Waals surface area contributed by atoms with E-state index in [-0.39, 0.29) is 23.7 Å². The maximum absolute atomic E-state index is 7.96. The van der Waals surface area contributed by atoms with Gasteiger partial charge in [0.2, 0.25) is 0 Å². The van der Waals surface area contributed by atoms with Gasteiger partial charge in [0, 0.05) is 30.2 Å². The normalized spacial score (nSPS) is 7.88. The maximum Gasteiger partial charge on any atom is 0.633 e. The first-order valence-electron chi connectivity index (χ1n) is 1.95. The number of rotatable bonds is 3. The summed E-state index contributed by atoms with van der Waals surface area (Å²) in [5, 5.41) is 15.9. The molecule has 0 atom stereocenters. The summed E-state index contributed by atoms with van der Waals surface area (Å²) >= 11 is 0. The molecule has 0 saturated heterocycles. The Kier molecular flexibility index (Phi) is 10.4. The molecule has 0 heterocycles. The van der Waals surface area contributed by atoms with Crippen molar-refractivity contribution in [2.75, 3.05) is 13.2 Å². The van der Waals surface area contributed by atoms with Crippen LogP contribution in [0.3, 0.4) is 0 Å². The first kappa shape index (κ1) is 11.3. The second-order valence-corrected chi connectivity index (χ2v) is 0.986. The van der Waals surface area contributed by atoms with E-state index < -0.39 is 7.32 Å². The van der Waals surface area contributed by atoms with E-state index in [1.165, 1.54) is 0 Å². The van der Waals surface area contributed by atoms with Crippen molar-refractivity contribution < 1.29 is 31.8 Å². The van der Waals surface area contributed by atoms with Gasteiger partial charge in [-0.2, -0.15) is 0 Å². The zero-order chi connectivity index (χ0) is 5.70. The standard InChI is InChI=1S/C2H8BNO3.Cu/c4-1-2-7-3(5)6;/h5-6H,1-2,4H2;. The van der Waals surface area contributed by atoms with Crippen molar-refractivity contribution in [1.82, 2.24) is 0 Å². The Labute approximate surface area is 58.7 Å². The van der Waals surface area contributed by atoms with Crippen LogP contribution in [0.5, 0.6) is 0 Å². The molecular formula is C2H8BCuNO3. The van der Waals surface area contributed by atoms with Crippen molar-refractivity contribution in [1.29, 1.82) is 0 Å². The van der Waals surface area contributed by atoms with Crippen LogP contribution in [0.15, 0.2) is 0 Å². The summed E-state index contributed by atoms with van der Waals surface area (Å²) in [6, 6.07) is 0. The summed E-state index contributed by atoms with van der Waals surface area (Å²) < 4.78 is 4.18. The van der Waals surface area contributed by atoms with Gasteiger partial charge in [0.15, 0.2) is 0 Å². The molecule has 4 N–H and O–H groups in total. The Morgan fingerprint density at radius 1 is 1.50 bits per heavy atom. The fourth-order valence-electron chi connectivity index (χ4n) is 0.173. The summed E-state index contributed by atoms with van der Waals surface area (Å²) in [5.74, 6) is 0. The first-order valence-corrected chi connectivity index (χ1v) is 1.95. The molecule has 0 aromatic heterocycles. The molecule has 0 saturated carbocycles. The van der Waals surface area contributed by atoms with Gasteiger partial charge in [-0.1, -0.05) is 0 Å². The van der Waals surface area contributed by atoms with Crippen molar-refractivity contribution in [3.8, 4) is 0 Å². The molecule has 53 valence electrons. The SMILES string of the molecule is NCCOB(O)O.[Cu]. The van der Waals surface area contributed by atoms with Crippen LogP contribution in [0.2, 0.25) is 0 Å². The minimum Gasteiger partial charge on any atom is -0.402 e. The van der Waals surface area contributed by atoms with E-state index in [2.05, 4.69) is 4.65 Å². The number of nitrogens with two attached hydrogens (primary N) is 1. The van der Waals surface area contributed by atoms with Crippen LogP contribution in [-0.4, -0.2) is 30.5 Å². The average Bonchev–Trinajstić information content (AvgIpc) is 1.61. The molecule has 0 fully saturated rings. The van der Waals surface area contributed by atoms with E-state index in [4.69, 9.17) is 15.8 Å². The van der Waals surface area contributed by atoms with E-state index in [9.17, 15) is 0 Å². The van der Waals surface area contributed by atoms with Gasteiger partial charge in [-0.25, -0.2) is 0 Å². The van der Waals surface area contributed by atoms with Gasteiger partial charge in [-0.3, -0.25) is 0 Å². The maximum atomic E-state index is 7.96. The fraction of sp³-hybridized carbons (Fsp3) is 1.00. The molecule has 0 aliphatic carbocycles. The van der Waals surface area contributed by atoms with Gasteiger partial charge in [0.1, 0.15) is 0 Å². The molecule has 0 aromatic carbocycles. The second-order valence-electron chi connectivity index (χ2n) is 0.986. The van der Waals surface area contributed by atoms with Crippen molar-refractivity contribution in [3.05, 3.63) is 0 Å². The van der Waals surface area contributed by atoms with Crippen molar-refractivity contribution in [3.63, 3.8) is 0 Å². The molecule has 0 rings (SSSR count). The summed E-state index contributed by atoms with van der Waals surface area (Å²) in [6.45, 7) is 0.481. The molecule has 0 amide bonds. The van der Waals surface area contributed by atoms with Gasteiger partial charge in [-0.15, -0.1) is 0 Å². The van der Waals surface area contributed by atoms with Crippen LogP contribution in [0, 0.1) is 0 Å². The molecular weight excluding hydrogens is 160 g/mol. The Hall–Kier alpha value is 0.424. The minimum absolute atomic E-state index is 0. The molecule has 0 unspecified atom stereocenters. The summed E-state index contributed by atoms with van der Waals surface area (Å²) in [4.78, 5) is 0. The summed E-state index contributed by atoms with van der Waals surface area (Å²) in [5.41, 5.74) is 4.93. The van der Waals surface area contributed by atoms with Crippen molar-refractivity contribution >= 4 is 7.32 Å². The quantitative estimate of drug-likeness (QED) is 0.423. The first-order chi connectivity index (χ1) is 3.27. The molecule has 0 aliphatic heterocycles. The van der Waals surface area contributed by atoms with Gasteiger partial charge in [0.25, 0.3) is 0 Å². The second kappa shape index (κ2) is 7.42. The summed E-state index contributed by atoms with van der Waals surface area (Å²) in [6.07, 6.45) is 0. The monoisotopic (exact) mass is 168 g/mol. The average molecular weight is 168 g/mol. The smallest absolute Gasteiger partial charge is 0.402 e. The summed E-state index contributed by atoms with van der Waals surface area (Å²) in [7, 11) is -1.68. The molecule has 4 nitrogen and oxygen atoms in total. The van der Waals surface area contributed by atoms with E-state index in [1.807, 2.05) is 0 Å². The van der Waals surface area contributed by atoms with Crippen LogP contribution in [-0.2, 0) is 21.7 Å². The molecule has 0 aromatic rings. The third-order valence-corrected chi connectivity index (χ3v) is 0.385. The number of hydrogen-bond donors (Lipinski definition) is 3. The van der Waals surface area contributed by atoms with Gasteiger partial charge >= 0.3 is 7.32 Å². The predicted octanol–water partition coefficient (Wildman–Crippen LogP) is -2.07. The Morgan fingerprint density at radius 3 is 2.12 bits per heavy atom. The Balaban J connectivity index is 0.